The average molecular weight is 275 g/mol. The number of amides is 2. The van der Waals surface area contributed by atoms with Crippen LogP contribution in [-0.2, 0) is 6.42 Å². The molecule has 2 rings (SSSR count). The molecule has 0 unspecified atom stereocenters. The highest BCUT2D eigenvalue weighted by molar-refractivity contribution is 5.96. The summed E-state index contributed by atoms with van der Waals surface area (Å²) in [5.41, 5.74) is 9.81. The number of nitrogen functional groups attached to an aromatic ring is 1. The fourth-order valence-electron chi connectivity index (χ4n) is 2.91. The molecular formula is C16H25N3O. The van der Waals surface area contributed by atoms with Gasteiger partial charge in [-0.15, -0.1) is 0 Å². The summed E-state index contributed by atoms with van der Waals surface area (Å²) in [6.07, 6.45) is 0.876. The molecule has 0 radical (unpaired) electrons. The molecule has 110 valence electrons. The SMILES string of the molecule is CCc1cc(N)cc(C)c1N1CCN(C(C)(C)C)C1=O. The number of nitrogens with two attached hydrogens (primary N) is 1. The van der Waals surface area contributed by atoms with Crippen LogP contribution >= 0.6 is 0 Å². The standard InChI is InChI=1S/C16H25N3O/c1-6-12-10-13(17)9-11(2)14(12)18-7-8-19(15(18)20)16(3,4)5/h9-10H,6-8,17H2,1-5H3. The first-order chi connectivity index (χ1) is 9.25. The molecular weight excluding hydrogens is 250 g/mol. The third-order valence-electron chi connectivity index (χ3n) is 3.87. The summed E-state index contributed by atoms with van der Waals surface area (Å²) >= 11 is 0. The summed E-state index contributed by atoms with van der Waals surface area (Å²) in [6, 6.07) is 4.02. The summed E-state index contributed by atoms with van der Waals surface area (Å²) in [7, 11) is 0. The van der Waals surface area contributed by atoms with Crippen LogP contribution in [0.25, 0.3) is 0 Å². The molecule has 2 N–H and O–H groups in total. The van der Waals surface area contributed by atoms with E-state index >= 15 is 0 Å². The van der Waals surface area contributed by atoms with Gasteiger partial charge in [0.25, 0.3) is 0 Å². The number of carbonyl (C=O) groups is 1. The molecule has 0 aliphatic carbocycles. The zero-order valence-electron chi connectivity index (χ0n) is 13.2. The number of hydrogen-bond donors (Lipinski definition) is 1. The van der Waals surface area contributed by atoms with E-state index in [0.717, 1.165) is 42.0 Å². The average Bonchev–Trinajstić information content (AvgIpc) is 2.69. The van der Waals surface area contributed by atoms with Crippen molar-refractivity contribution < 1.29 is 4.79 Å². The minimum absolute atomic E-state index is 0.0973. The topological polar surface area (TPSA) is 49.6 Å². The molecule has 1 aliphatic heterocycles. The Morgan fingerprint density at radius 2 is 1.90 bits per heavy atom. The Balaban J connectivity index is 2.42. The van der Waals surface area contributed by atoms with Gasteiger partial charge in [-0.3, -0.25) is 4.90 Å². The molecule has 1 saturated heterocycles. The van der Waals surface area contributed by atoms with Crippen molar-refractivity contribution in [3.05, 3.63) is 23.3 Å². The second kappa shape index (κ2) is 5.00. The van der Waals surface area contributed by atoms with Gasteiger partial charge in [-0.1, -0.05) is 6.92 Å². The van der Waals surface area contributed by atoms with Crippen molar-refractivity contribution in [1.29, 1.82) is 0 Å². The second-order valence-electron chi connectivity index (χ2n) is 6.46. The highest BCUT2D eigenvalue weighted by Gasteiger charge is 2.37. The zero-order valence-corrected chi connectivity index (χ0v) is 13.2. The first-order valence-electron chi connectivity index (χ1n) is 7.24. The lowest BCUT2D eigenvalue weighted by Gasteiger charge is -2.32. The van der Waals surface area contributed by atoms with Gasteiger partial charge >= 0.3 is 6.03 Å². The van der Waals surface area contributed by atoms with Crippen LogP contribution < -0.4 is 10.6 Å². The molecule has 1 fully saturated rings. The van der Waals surface area contributed by atoms with E-state index < -0.39 is 0 Å². The van der Waals surface area contributed by atoms with Gasteiger partial charge in [0, 0.05) is 24.3 Å². The second-order valence-corrected chi connectivity index (χ2v) is 6.46. The monoisotopic (exact) mass is 275 g/mol. The number of rotatable bonds is 2. The largest absolute Gasteiger partial charge is 0.399 e. The summed E-state index contributed by atoms with van der Waals surface area (Å²) < 4.78 is 0. The molecule has 1 aromatic rings. The van der Waals surface area contributed by atoms with Gasteiger partial charge in [0.2, 0.25) is 0 Å². The number of nitrogens with zero attached hydrogens (tertiary/aromatic N) is 2. The van der Waals surface area contributed by atoms with Gasteiger partial charge in [-0.25, -0.2) is 4.79 Å². The van der Waals surface area contributed by atoms with Crippen molar-refractivity contribution >= 4 is 17.4 Å². The molecule has 0 aromatic heterocycles. The van der Waals surface area contributed by atoms with E-state index in [4.69, 9.17) is 5.73 Å². The van der Waals surface area contributed by atoms with Crippen molar-refractivity contribution in [1.82, 2.24) is 4.90 Å². The van der Waals surface area contributed by atoms with Crippen molar-refractivity contribution in [2.45, 2.75) is 46.6 Å². The quantitative estimate of drug-likeness (QED) is 0.843. The molecule has 4 heteroatoms. The Bertz CT molecular complexity index is 531. The van der Waals surface area contributed by atoms with E-state index in [9.17, 15) is 4.79 Å². The molecule has 4 nitrogen and oxygen atoms in total. The molecule has 1 heterocycles. The molecule has 0 spiro atoms. The van der Waals surface area contributed by atoms with Crippen LogP contribution in [0.1, 0.15) is 38.8 Å². The number of urea groups is 1. The third-order valence-corrected chi connectivity index (χ3v) is 3.87. The van der Waals surface area contributed by atoms with Crippen LogP contribution in [0.2, 0.25) is 0 Å². The molecule has 0 saturated carbocycles. The van der Waals surface area contributed by atoms with Gasteiger partial charge in [0.1, 0.15) is 0 Å². The third kappa shape index (κ3) is 2.47. The van der Waals surface area contributed by atoms with E-state index in [2.05, 4.69) is 27.7 Å². The maximum absolute atomic E-state index is 12.7. The van der Waals surface area contributed by atoms with E-state index in [1.165, 1.54) is 0 Å². The maximum atomic E-state index is 12.7. The smallest absolute Gasteiger partial charge is 0.325 e. The van der Waals surface area contributed by atoms with Crippen molar-refractivity contribution in [3.63, 3.8) is 0 Å². The predicted octanol–water partition coefficient (Wildman–Crippen LogP) is 3.18. The van der Waals surface area contributed by atoms with Crippen LogP contribution in [0.5, 0.6) is 0 Å². The Labute approximate surface area is 121 Å². The Morgan fingerprint density at radius 3 is 2.40 bits per heavy atom. The molecule has 20 heavy (non-hydrogen) atoms. The lowest BCUT2D eigenvalue weighted by molar-refractivity contribution is 0.173. The van der Waals surface area contributed by atoms with Gasteiger partial charge in [0.15, 0.2) is 0 Å². The van der Waals surface area contributed by atoms with Crippen LogP contribution in [0.15, 0.2) is 12.1 Å². The highest BCUT2D eigenvalue weighted by atomic mass is 16.2. The number of anilines is 2. The van der Waals surface area contributed by atoms with Crippen LogP contribution in [0.3, 0.4) is 0 Å². The van der Waals surface area contributed by atoms with Crippen LogP contribution in [0, 0.1) is 6.92 Å². The molecule has 0 bridgehead atoms. The predicted molar refractivity (Wildman–Crippen MR) is 84.2 cm³/mol. The highest BCUT2D eigenvalue weighted by Crippen LogP contribution is 2.32. The lowest BCUT2D eigenvalue weighted by atomic mass is 10.0. The molecule has 1 aliphatic rings. The summed E-state index contributed by atoms with van der Waals surface area (Å²) in [5, 5.41) is 0. The maximum Gasteiger partial charge on any atom is 0.325 e. The Hall–Kier alpha value is -1.71. The number of hydrogen-bond acceptors (Lipinski definition) is 2. The number of benzene rings is 1. The molecule has 0 atom stereocenters. The summed E-state index contributed by atoms with van der Waals surface area (Å²) in [6.45, 7) is 11.9. The van der Waals surface area contributed by atoms with Crippen LogP contribution in [-0.4, -0.2) is 29.6 Å². The first-order valence-corrected chi connectivity index (χ1v) is 7.24. The number of carbonyl (C=O) groups excluding carboxylic acids is 1. The van der Waals surface area contributed by atoms with Crippen molar-refractivity contribution in [2.24, 2.45) is 0 Å². The minimum atomic E-state index is -0.139. The summed E-state index contributed by atoms with van der Waals surface area (Å²) in [4.78, 5) is 16.5. The lowest BCUT2D eigenvalue weighted by Crippen LogP contribution is -2.44. The fraction of sp³-hybridized carbons (Fsp3) is 0.562. The Kier molecular flexibility index (Phi) is 3.67. The zero-order chi connectivity index (χ0) is 15.1. The van der Waals surface area contributed by atoms with E-state index in [0.29, 0.717) is 0 Å². The minimum Gasteiger partial charge on any atom is -0.399 e. The van der Waals surface area contributed by atoms with Crippen molar-refractivity contribution in [2.75, 3.05) is 23.7 Å². The van der Waals surface area contributed by atoms with E-state index in [1.807, 2.05) is 28.9 Å². The van der Waals surface area contributed by atoms with Gasteiger partial charge < -0.3 is 10.6 Å². The van der Waals surface area contributed by atoms with E-state index in [1.54, 1.807) is 0 Å². The molecule has 2 amide bonds. The fourth-order valence-corrected chi connectivity index (χ4v) is 2.91. The van der Waals surface area contributed by atoms with Gasteiger partial charge in [-0.2, -0.15) is 0 Å². The van der Waals surface area contributed by atoms with Gasteiger partial charge in [-0.05, 0) is 57.4 Å². The Morgan fingerprint density at radius 1 is 1.25 bits per heavy atom. The summed E-state index contributed by atoms with van der Waals surface area (Å²) in [5.74, 6) is 0. The van der Waals surface area contributed by atoms with Gasteiger partial charge in [0.05, 0.1) is 5.69 Å². The normalized spacial score (nSPS) is 16.1. The van der Waals surface area contributed by atoms with Crippen molar-refractivity contribution in [3.8, 4) is 0 Å². The number of aryl methyl sites for hydroxylation is 2. The first kappa shape index (κ1) is 14.7. The van der Waals surface area contributed by atoms with E-state index in [-0.39, 0.29) is 11.6 Å². The molecule has 1 aromatic carbocycles. The van der Waals surface area contributed by atoms with Crippen LogP contribution in [0.4, 0.5) is 16.2 Å².